The molecule has 1 N–H and O–H groups in total. The monoisotopic (exact) mass is 430 g/mol. The molecule has 11 heteroatoms. The summed E-state index contributed by atoms with van der Waals surface area (Å²) in [6, 6.07) is 9.12. The summed E-state index contributed by atoms with van der Waals surface area (Å²) in [4.78, 5) is 28.0. The first-order valence-corrected chi connectivity index (χ1v) is 9.49. The molecule has 0 radical (unpaired) electrons. The molecule has 0 unspecified atom stereocenters. The molecule has 29 heavy (non-hydrogen) atoms. The Hall–Kier alpha value is -3.37. The number of benzene rings is 1. The quantitative estimate of drug-likeness (QED) is 0.525. The molecule has 0 aliphatic heterocycles. The summed E-state index contributed by atoms with van der Waals surface area (Å²) >= 11 is 6.99. The number of carbonyl (C=O) groups is 1. The van der Waals surface area contributed by atoms with E-state index < -0.39 is 11.5 Å². The van der Waals surface area contributed by atoms with Gasteiger partial charge in [0, 0.05) is 18.5 Å². The summed E-state index contributed by atoms with van der Waals surface area (Å²) in [5, 5.41) is 10.5. The Morgan fingerprint density at radius 1 is 1.28 bits per heavy atom. The van der Waals surface area contributed by atoms with Crippen LogP contribution >= 0.6 is 22.9 Å². The Kier molecular flexibility index (Phi) is 5.19. The smallest absolute Gasteiger partial charge is 0.346 e. The highest BCUT2D eigenvalue weighted by Gasteiger charge is 2.12. The van der Waals surface area contributed by atoms with Crippen LogP contribution in [-0.4, -0.2) is 30.5 Å². The molecular formula is C18H12ClFN6O2S. The van der Waals surface area contributed by atoms with Gasteiger partial charge in [-0.1, -0.05) is 16.8 Å². The minimum absolute atomic E-state index is 0.124. The first-order valence-electron chi connectivity index (χ1n) is 8.30. The fourth-order valence-electron chi connectivity index (χ4n) is 2.58. The van der Waals surface area contributed by atoms with Gasteiger partial charge in [0.05, 0.1) is 27.6 Å². The molecular weight excluding hydrogens is 419 g/mol. The molecule has 0 saturated heterocycles. The van der Waals surface area contributed by atoms with E-state index in [2.05, 4.69) is 20.6 Å². The predicted molar refractivity (Wildman–Crippen MR) is 105 cm³/mol. The Labute approximate surface area is 172 Å². The van der Waals surface area contributed by atoms with E-state index in [0.717, 1.165) is 0 Å². The molecule has 3 aromatic heterocycles. The van der Waals surface area contributed by atoms with Crippen LogP contribution in [0.5, 0.6) is 0 Å². The van der Waals surface area contributed by atoms with Crippen molar-refractivity contribution >= 4 is 28.8 Å². The molecule has 0 bridgehead atoms. The van der Waals surface area contributed by atoms with E-state index in [9.17, 15) is 14.0 Å². The lowest BCUT2D eigenvalue weighted by atomic mass is 10.2. The molecule has 146 valence electrons. The second kappa shape index (κ2) is 7.94. The van der Waals surface area contributed by atoms with Crippen LogP contribution in [0.4, 0.5) is 4.39 Å². The Bertz CT molecular complexity index is 1250. The van der Waals surface area contributed by atoms with Crippen molar-refractivity contribution < 1.29 is 9.18 Å². The Balaban J connectivity index is 1.50. The maximum atomic E-state index is 14.6. The summed E-state index contributed by atoms with van der Waals surface area (Å²) in [6.07, 6.45) is 4.38. The average molecular weight is 431 g/mol. The summed E-state index contributed by atoms with van der Waals surface area (Å²) in [5.41, 5.74) is 0.436. The fourth-order valence-corrected chi connectivity index (χ4v) is 3.54. The highest BCUT2D eigenvalue weighted by atomic mass is 35.5. The molecule has 0 aliphatic carbocycles. The van der Waals surface area contributed by atoms with Crippen molar-refractivity contribution in [3.05, 3.63) is 86.2 Å². The molecule has 1 amide bonds. The van der Waals surface area contributed by atoms with Gasteiger partial charge < -0.3 is 5.32 Å². The maximum Gasteiger partial charge on any atom is 0.352 e. The minimum Gasteiger partial charge on any atom is -0.346 e. The minimum atomic E-state index is -0.591. The number of amides is 1. The molecule has 0 atom stereocenters. The topological polar surface area (TPSA) is 94.7 Å². The zero-order valence-electron chi connectivity index (χ0n) is 14.6. The highest BCUT2D eigenvalue weighted by molar-refractivity contribution is 7.17. The number of rotatable bonds is 5. The van der Waals surface area contributed by atoms with Gasteiger partial charge in [0.1, 0.15) is 11.4 Å². The Morgan fingerprint density at radius 2 is 2.14 bits per heavy atom. The van der Waals surface area contributed by atoms with Crippen molar-refractivity contribution in [2.75, 3.05) is 0 Å². The first kappa shape index (κ1) is 19.0. The van der Waals surface area contributed by atoms with E-state index in [-0.39, 0.29) is 18.1 Å². The van der Waals surface area contributed by atoms with Crippen LogP contribution < -0.4 is 11.0 Å². The third kappa shape index (κ3) is 4.08. The molecule has 1 aromatic carbocycles. The van der Waals surface area contributed by atoms with Crippen molar-refractivity contribution in [3.8, 4) is 11.4 Å². The van der Waals surface area contributed by atoms with Crippen molar-refractivity contribution in [2.24, 2.45) is 0 Å². The van der Waals surface area contributed by atoms with Crippen molar-refractivity contribution in [1.82, 2.24) is 29.9 Å². The van der Waals surface area contributed by atoms with Crippen molar-refractivity contribution in [3.63, 3.8) is 0 Å². The SMILES string of the molecule is O=C(NCc1cn(-c2ccc(-n3cccnc3=O)cc2F)nn1)c1ccc(Cl)s1. The van der Waals surface area contributed by atoms with Crippen LogP contribution in [-0.2, 0) is 6.54 Å². The van der Waals surface area contributed by atoms with E-state index in [0.29, 0.717) is 20.6 Å². The molecule has 3 heterocycles. The van der Waals surface area contributed by atoms with E-state index in [4.69, 9.17) is 11.6 Å². The van der Waals surface area contributed by atoms with Gasteiger partial charge >= 0.3 is 5.69 Å². The van der Waals surface area contributed by atoms with Crippen LogP contribution in [0.2, 0.25) is 4.34 Å². The second-order valence-corrected chi connectivity index (χ2v) is 7.56. The van der Waals surface area contributed by atoms with Crippen LogP contribution in [0, 0.1) is 5.82 Å². The lowest BCUT2D eigenvalue weighted by molar-refractivity contribution is 0.0954. The van der Waals surface area contributed by atoms with Gasteiger partial charge in [-0.2, -0.15) is 0 Å². The van der Waals surface area contributed by atoms with Gasteiger partial charge in [-0.25, -0.2) is 18.9 Å². The molecule has 0 fully saturated rings. The third-order valence-electron chi connectivity index (χ3n) is 3.94. The van der Waals surface area contributed by atoms with Gasteiger partial charge in [0.2, 0.25) is 0 Å². The number of halogens is 2. The largest absolute Gasteiger partial charge is 0.352 e. The molecule has 4 rings (SSSR count). The second-order valence-electron chi connectivity index (χ2n) is 5.85. The van der Waals surface area contributed by atoms with E-state index in [1.54, 1.807) is 24.3 Å². The van der Waals surface area contributed by atoms with Gasteiger partial charge in [-0.3, -0.25) is 9.36 Å². The van der Waals surface area contributed by atoms with Crippen molar-refractivity contribution in [2.45, 2.75) is 6.54 Å². The maximum absolute atomic E-state index is 14.6. The summed E-state index contributed by atoms with van der Waals surface area (Å²) in [5.74, 6) is -0.874. The van der Waals surface area contributed by atoms with Crippen LogP contribution in [0.1, 0.15) is 15.4 Å². The normalized spacial score (nSPS) is 10.8. The summed E-state index contributed by atoms with van der Waals surface area (Å²) in [7, 11) is 0. The van der Waals surface area contributed by atoms with Crippen LogP contribution in [0.25, 0.3) is 11.4 Å². The first-order chi connectivity index (χ1) is 14.0. The van der Waals surface area contributed by atoms with Crippen LogP contribution in [0.15, 0.2) is 59.8 Å². The Morgan fingerprint density at radius 3 is 2.86 bits per heavy atom. The zero-order chi connectivity index (χ0) is 20.4. The van der Waals surface area contributed by atoms with E-state index in [1.807, 2.05) is 0 Å². The van der Waals surface area contributed by atoms with Crippen LogP contribution in [0.3, 0.4) is 0 Å². The van der Waals surface area contributed by atoms with Gasteiger partial charge in [0.25, 0.3) is 5.91 Å². The summed E-state index contributed by atoms with van der Waals surface area (Å²) < 4.78 is 17.6. The van der Waals surface area contributed by atoms with E-state index >= 15 is 0 Å². The lowest BCUT2D eigenvalue weighted by Crippen LogP contribution is -2.21. The highest BCUT2D eigenvalue weighted by Crippen LogP contribution is 2.21. The van der Waals surface area contributed by atoms with Gasteiger partial charge in [0.15, 0.2) is 5.82 Å². The van der Waals surface area contributed by atoms with E-state index in [1.165, 1.54) is 51.3 Å². The standard InChI is InChI=1S/C18H12ClFN6O2S/c19-16-5-4-15(29-16)17(27)22-9-11-10-26(24-23-11)14-3-2-12(8-13(14)20)25-7-1-6-21-18(25)28/h1-8,10H,9H2,(H,22,27). The van der Waals surface area contributed by atoms with Gasteiger partial charge in [-0.05, 0) is 30.3 Å². The van der Waals surface area contributed by atoms with Crippen molar-refractivity contribution in [1.29, 1.82) is 0 Å². The lowest BCUT2D eigenvalue weighted by Gasteiger charge is -2.07. The number of thiophene rings is 1. The molecule has 4 aromatic rings. The number of nitrogens with zero attached hydrogens (tertiary/aromatic N) is 5. The zero-order valence-corrected chi connectivity index (χ0v) is 16.2. The predicted octanol–water partition coefficient (Wildman–Crippen LogP) is 2.60. The molecule has 8 nitrogen and oxygen atoms in total. The number of hydrogen-bond donors (Lipinski definition) is 1. The average Bonchev–Trinajstić information content (AvgIpc) is 3.35. The third-order valence-corrected chi connectivity index (χ3v) is 5.17. The fraction of sp³-hybridized carbons (Fsp3) is 0.0556. The number of hydrogen-bond acceptors (Lipinski definition) is 6. The summed E-state index contributed by atoms with van der Waals surface area (Å²) in [6.45, 7) is 0.124. The molecule has 0 aliphatic rings. The number of aromatic nitrogens is 5. The number of carbonyl (C=O) groups excluding carboxylic acids is 1. The van der Waals surface area contributed by atoms with Gasteiger partial charge in [-0.15, -0.1) is 16.4 Å². The molecule has 0 spiro atoms. The number of nitrogens with one attached hydrogen (secondary N) is 1. The molecule has 0 saturated carbocycles.